The topological polar surface area (TPSA) is 61.8 Å². The highest BCUT2D eigenvalue weighted by molar-refractivity contribution is 7.53. The molecule has 0 rings (SSSR count). The van der Waals surface area contributed by atoms with Crippen LogP contribution in [0.5, 0.6) is 0 Å². The van der Waals surface area contributed by atoms with Crippen molar-refractivity contribution in [3.8, 4) is 0 Å². The molecule has 0 heterocycles. The van der Waals surface area contributed by atoms with Crippen molar-refractivity contribution in [3.63, 3.8) is 0 Å². The first-order chi connectivity index (χ1) is 7.47. The Labute approximate surface area is 97.0 Å². The Kier molecular flexibility index (Phi) is 7.64. The van der Waals surface area contributed by atoms with E-state index in [1.807, 2.05) is 6.92 Å². The van der Waals surface area contributed by atoms with E-state index in [-0.39, 0.29) is 12.1 Å². The van der Waals surface area contributed by atoms with Gasteiger partial charge in [0.25, 0.3) is 0 Å². The molecule has 0 aromatic carbocycles. The Bertz CT molecular complexity index is 246. The lowest BCUT2D eigenvalue weighted by atomic mass is 10.2. The fraction of sp³-hybridized carbons (Fsp3) is 0.900. The van der Waals surface area contributed by atoms with Crippen LogP contribution in [0.4, 0.5) is 0 Å². The average Bonchev–Trinajstić information content (AvgIpc) is 2.25. The Morgan fingerprint density at radius 1 is 1.31 bits per heavy atom. The number of hydrogen-bond donors (Lipinski definition) is 0. The van der Waals surface area contributed by atoms with Gasteiger partial charge in [0.05, 0.1) is 6.16 Å². The lowest BCUT2D eigenvalue weighted by molar-refractivity contribution is -0.145. The van der Waals surface area contributed by atoms with Gasteiger partial charge < -0.3 is 13.8 Å². The number of ether oxygens (including phenoxy) is 1. The summed E-state index contributed by atoms with van der Waals surface area (Å²) in [5.74, 6) is -0.375. The molecule has 1 atom stereocenters. The largest absolute Gasteiger partial charge is 0.462 e. The summed E-state index contributed by atoms with van der Waals surface area (Å²) < 4.78 is 26.6. The fourth-order valence-corrected chi connectivity index (χ4v) is 2.53. The van der Waals surface area contributed by atoms with Crippen molar-refractivity contribution in [1.29, 1.82) is 0 Å². The van der Waals surface area contributed by atoms with Gasteiger partial charge in [0.2, 0.25) is 0 Å². The van der Waals surface area contributed by atoms with Gasteiger partial charge in [-0.3, -0.25) is 9.36 Å². The summed E-state index contributed by atoms with van der Waals surface area (Å²) in [6, 6.07) is 0. The third kappa shape index (κ3) is 6.26. The zero-order valence-corrected chi connectivity index (χ0v) is 11.3. The van der Waals surface area contributed by atoms with Crippen LogP contribution in [-0.4, -0.2) is 32.5 Å². The molecule has 0 aromatic heterocycles. The minimum absolute atomic E-state index is 0.111. The van der Waals surface area contributed by atoms with Gasteiger partial charge in [0.1, 0.15) is 6.10 Å². The van der Waals surface area contributed by atoms with E-state index in [1.54, 1.807) is 0 Å². The minimum atomic E-state index is -3.11. The Hall–Kier alpha value is -0.380. The van der Waals surface area contributed by atoms with Crippen molar-refractivity contribution in [2.24, 2.45) is 0 Å². The second-order valence-corrected chi connectivity index (χ2v) is 5.85. The molecule has 16 heavy (non-hydrogen) atoms. The summed E-state index contributed by atoms with van der Waals surface area (Å²) in [6.07, 6.45) is 2.28. The molecule has 0 aliphatic heterocycles. The minimum Gasteiger partial charge on any atom is -0.462 e. The van der Waals surface area contributed by atoms with Crippen LogP contribution in [0.25, 0.3) is 0 Å². The highest BCUT2D eigenvalue weighted by Gasteiger charge is 2.28. The summed E-state index contributed by atoms with van der Waals surface area (Å²) in [5.41, 5.74) is 0. The van der Waals surface area contributed by atoms with E-state index in [2.05, 4.69) is 0 Å². The molecule has 0 aliphatic rings. The monoisotopic (exact) mass is 252 g/mol. The van der Waals surface area contributed by atoms with E-state index in [4.69, 9.17) is 13.8 Å². The van der Waals surface area contributed by atoms with Crippen molar-refractivity contribution in [2.45, 2.75) is 39.2 Å². The normalized spacial score (nSPS) is 13.5. The predicted molar refractivity (Wildman–Crippen MR) is 61.6 cm³/mol. The quantitative estimate of drug-likeness (QED) is 0.491. The first-order valence-corrected chi connectivity index (χ1v) is 7.08. The van der Waals surface area contributed by atoms with Gasteiger partial charge in [-0.25, -0.2) is 0 Å². The van der Waals surface area contributed by atoms with Crippen LogP contribution in [-0.2, 0) is 23.1 Å². The maximum absolute atomic E-state index is 11.9. The molecule has 0 N–H and O–H groups in total. The number of unbranched alkanes of at least 4 members (excludes halogenated alkanes) is 1. The first kappa shape index (κ1) is 15.6. The van der Waals surface area contributed by atoms with Crippen LogP contribution in [0.3, 0.4) is 0 Å². The summed E-state index contributed by atoms with van der Waals surface area (Å²) >= 11 is 0. The van der Waals surface area contributed by atoms with Crippen molar-refractivity contribution in [3.05, 3.63) is 0 Å². The number of carbonyl (C=O) groups is 1. The lowest BCUT2D eigenvalue weighted by Crippen LogP contribution is -2.21. The number of carbonyl (C=O) groups excluding carboxylic acids is 1. The van der Waals surface area contributed by atoms with Crippen LogP contribution < -0.4 is 0 Å². The van der Waals surface area contributed by atoms with Crippen molar-refractivity contribution in [2.75, 3.05) is 20.4 Å². The maximum Gasteiger partial charge on any atom is 0.333 e. The van der Waals surface area contributed by atoms with Gasteiger partial charge in [-0.15, -0.1) is 0 Å². The van der Waals surface area contributed by atoms with Crippen molar-refractivity contribution < 1.29 is 23.1 Å². The second kappa shape index (κ2) is 7.82. The first-order valence-electron chi connectivity index (χ1n) is 5.35. The number of rotatable bonds is 8. The second-order valence-electron chi connectivity index (χ2n) is 3.53. The molecule has 0 amide bonds. The number of esters is 1. The summed E-state index contributed by atoms with van der Waals surface area (Å²) in [6.45, 7) is 3.38. The van der Waals surface area contributed by atoms with Gasteiger partial charge in [0.15, 0.2) is 0 Å². The zero-order chi connectivity index (χ0) is 12.6. The van der Waals surface area contributed by atoms with E-state index in [9.17, 15) is 9.36 Å². The fourth-order valence-electron chi connectivity index (χ4n) is 1.33. The van der Waals surface area contributed by atoms with Crippen LogP contribution in [0.1, 0.15) is 33.1 Å². The molecule has 0 unspecified atom stereocenters. The molecule has 0 radical (unpaired) electrons. The van der Waals surface area contributed by atoms with Gasteiger partial charge in [-0.05, 0) is 6.42 Å². The summed E-state index contributed by atoms with van der Waals surface area (Å²) in [7, 11) is -0.454. The molecule has 0 saturated heterocycles. The van der Waals surface area contributed by atoms with Gasteiger partial charge in [-0.2, -0.15) is 0 Å². The molecule has 96 valence electrons. The maximum atomic E-state index is 11.9. The Balaban J connectivity index is 4.39. The van der Waals surface area contributed by atoms with E-state index < -0.39 is 13.7 Å². The molecule has 0 aliphatic carbocycles. The van der Waals surface area contributed by atoms with Crippen LogP contribution in [0.15, 0.2) is 0 Å². The van der Waals surface area contributed by atoms with Gasteiger partial charge in [-0.1, -0.05) is 19.8 Å². The van der Waals surface area contributed by atoms with E-state index in [0.29, 0.717) is 6.42 Å². The van der Waals surface area contributed by atoms with Crippen LogP contribution >= 0.6 is 7.60 Å². The van der Waals surface area contributed by atoms with Gasteiger partial charge in [0, 0.05) is 21.1 Å². The number of hydrogen-bond acceptors (Lipinski definition) is 5. The van der Waals surface area contributed by atoms with Crippen molar-refractivity contribution >= 4 is 13.6 Å². The summed E-state index contributed by atoms with van der Waals surface area (Å²) in [5, 5.41) is 0. The third-order valence-corrected chi connectivity index (χ3v) is 4.16. The van der Waals surface area contributed by atoms with Crippen LogP contribution in [0, 0.1) is 0 Å². The molecule has 6 heteroatoms. The molecule has 0 fully saturated rings. The molecule has 0 bridgehead atoms. The zero-order valence-electron chi connectivity index (χ0n) is 10.4. The highest BCUT2D eigenvalue weighted by atomic mass is 31.2. The smallest absolute Gasteiger partial charge is 0.333 e. The Morgan fingerprint density at radius 2 is 1.88 bits per heavy atom. The van der Waals surface area contributed by atoms with Crippen LogP contribution in [0.2, 0.25) is 0 Å². The van der Waals surface area contributed by atoms with E-state index in [1.165, 1.54) is 21.1 Å². The molecular weight excluding hydrogens is 231 g/mol. The molecular formula is C10H21O5P. The van der Waals surface area contributed by atoms with Gasteiger partial charge >= 0.3 is 13.6 Å². The molecule has 0 spiro atoms. The Morgan fingerprint density at radius 3 is 2.25 bits per heavy atom. The standard InChI is InChI=1S/C10H21O5P/c1-5-6-7-10(15-9(2)11)8-16(12,13-3)14-4/h10H,5-8H2,1-4H3/t10-/m0/s1. The third-order valence-electron chi connectivity index (χ3n) is 2.20. The molecule has 0 saturated carbocycles. The van der Waals surface area contributed by atoms with E-state index >= 15 is 0 Å². The molecule has 5 nitrogen and oxygen atoms in total. The SMILES string of the molecule is CCCC[C@@H](CP(=O)(OC)OC)OC(C)=O. The predicted octanol–water partition coefficient (Wildman–Crippen LogP) is 2.59. The van der Waals surface area contributed by atoms with E-state index in [0.717, 1.165) is 12.8 Å². The summed E-state index contributed by atoms with van der Waals surface area (Å²) in [4.78, 5) is 10.9. The highest BCUT2D eigenvalue weighted by Crippen LogP contribution is 2.47. The molecule has 0 aromatic rings. The van der Waals surface area contributed by atoms with Crippen molar-refractivity contribution in [1.82, 2.24) is 0 Å². The average molecular weight is 252 g/mol. The lowest BCUT2D eigenvalue weighted by Gasteiger charge is -2.21.